The third-order valence-corrected chi connectivity index (χ3v) is 5.70. The molecule has 1 rings (SSSR count). The number of rotatable bonds is 9. The van der Waals surface area contributed by atoms with Gasteiger partial charge < -0.3 is 0 Å². The molecule has 0 bridgehead atoms. The van der Waals surface area contributed by atoms with Crippen LogP contribution in [-0.2, 0) is 10.0 Å². The third-order valence-electron chi connectivity index (χ3n) is 3.20. The van der Waals surface area contributed by atoms with E-state index >= 15 is 0 Å². The van der Waals surface area contributed by atoms with Gasteiger partial charge in [0.1, 0.15) is 0 Å². The van der Waals surface area contributed by atoms with Gasteiger partial charge in [-0.05, 0) is 25.5 Å². The Morgan fingerprint density at radius 1 is 1.15 bits per heavy atom. The minimum Gasteiger partial charge on any atom is -0.210 e. The lowest BCUT2D eigenvalue weighted by molar-refractivity contribution is 0.574. The molecule has 0 aliphatic rings. The molecule has 5 heteroatoms. The first kappa shape index (κ1) is 17.9. The predicted molar refractivity (Wildman–Crippen MR) is 92.9 cm³/mol. The summed E-state index contributed by atoms with van der Waals surface area (Å²) in [5.41, 5.74) is 1.06. The maximum atomic E-state index is 12.1. The number of halogens is 1. The Morgan fingerprint density at radius 2 is 1.80 bits per heavy atom. The van der Waals surface area contributed by atoms with Crippen LogP contribution in [0.2, 0.25) is 0 Å². The molecule has 1 aromatic rings. The minimum atomic E-state index is -3.36. The van der Waals surface area contributed by atoms with Crippen molar-refractivity contribution in [1.29, 1.82) is 0 Å². The Morgan fingerprint density at radius 3 is 2.40 bits per heavy atom. The van der Waals surface area contributed by atoms with Crippen LogP contribution < -0.4 is 4.72 Å². The van der Waals surface area contributed by atoms with Gasteiger partial charge in [-0.2, -0.15) is 0 Å². The van der Waals surface area contributed by atoms with E-state index in [1.807, 2.05) is 19.1 Å². The van der Waals surface area contributed by atoms with E-state index in [0.717, 1.165) is 12.0 Å². The lowest BCUT2D eigenvalue weighted by Gasteiger charge is -2.12. The molecule has 0 radical (unpaired) electrons. The van der Waals surface area contributed by atoms with Crippen molar-refractivity contribution in [3.8, 4) is 0 Å². The molecule has 0 spiro atoms. The second-order valence-corrected chi connectivity index (χ2v) is 8.64. The van der Waals surface area contributed by atoms with Crippen molar-refractivity contribution in [2.45, 2.75) is 54.8 Å². The third kappa shape index (κ3) is 6.54. The lowest BCUT2D eigenvalue weighted by Crippen LogP contribution is -2.29. The molecule has 0 unspecified atom stereocenters. The average molecular weight is 409 g/mol. The lowest BCUT2D eigenvalue weighted by atomic mass is 10.1. The van der Waals surface area contributed by atoms with Crippen LogP contribution in [0.5, 0.6) is 0 Å². The van der Waals surface area contributed by atoms with Crippen molar-refractivity contribution in [1.82, 2.24) is 4.72 Å². The Balaban J connectivity index is 2.41. The first-order chi connectivity index (χ1) is 9.45. The smallest absolute Gasteiger partial charge is 0.210 e. The summed E-state index contributed by atoms with van der Waals surface area (Å²) in [5.74, 6) is 0. The first-order valence-corrected chi connectivity index (χ1v) is 9.89. The van der Waals surface area contributed by atoms with Crippen molar-refractivity contribution in [3.05, 3.63) is 29.8 Å². The molecule has 1 atom stereocenters. The topological polar surface area (TPSA) is 46.2 Å². The summed E-state index contributed by atoms with van der Waals surface area (Å²) in [7, 11) is -3.36. The summed E-state index contributed by atoms with van der Waals surface area (Å²) < 4.78 is 27.3. The fraction of sp³-hybridized carbons (Fsp3) is 0.600. The molecule has 0 aliphatic carbocycles. The highest BCUT2D eigenvalue weighted by Gasteiger charge is 2.15. The monoisotopic (exact) mass is 409 g/mol. The maximum absolute atomic E-state index is 12.1. The Hall–Kier alpha value is -0.140. The van der Waals surface area contributed by atoms with Crippen LogP contribution >= 0.6 is 22.6 Å². The standard InChI is InChI=1S/C15H24INO2S/c1-3-4-5-6-7-14(16)12-17-20(18,19)15-10-8-13(2)9-11-15/h8-11,14,17H,3-7,12H2,1-2H3/t14-/m0/s1. The normalized spacial score (nSPS) is 13.3. The molecule has 0 amide bonds. The Labute approximate surface area is 136 Å². The van der Waals surface area contributed by atoms with E-state index in [4.69, 9.17) is 0 Å². The van der Waals surface area contributed by atoms with Crippen LogP contribution in [0.3, 0.4) is 0 Å². The van der Waals surface area contributed by atoms with Crippen LogP contribution in [0.15, 0.2) is 29.2 Å². The van der Waals surface area contributed by atoms with Gasteiger partial charge in [0.15, 0.2) is 0 Å². The SMILES string of the molecule is CCCCCC[C@H](I)CNS(=O)(=O)c1ccc(C)cc1. The summed E-state index contributed by atoms with van der Waals surface area (Å²) in [5, 5.41) is 0. The largest absolute Gasteiger partial charge is 0.240 e. The van der Waals surface area contributed by atoms with Gasteiger partial charge in [0, 0.05) is 10.5 Å². The van der Waals surface area contributed by atoms with E-state index in [-0.39, 0.29) is 0 Å². The van der Waals surface area contributed by atoms with Crippen molar-refractivity contribution < 1.29 is 8.42 Å². The van der Waals surface area contributed by atoms with Crippen molar-refractivity contribution in [2.75, 3.05) is 6.54 Å². The molecule has 0 aliphatic heterocycles. The molecule has 0 heterocycles. The number of unbranched alkanes of at least 4 members (excludes halogenated alkanes) is 3. The van der Waals surface area contributed by atoms with Gasteiger partial charge in [-0.25, -0.2) is 13.1 Å². The molecule has 0 saturated heterocycles. The highest BCUT2D eigenvalue weighted by Crippen LogP contribution is 2.14. The summed E-state index contributed by atoms with van der Waals surface area (Å²) in [6.07, 6.45) is 5.97. The predicted octanol–water partition coefficient (Wildman–Crippen LogP) is 4.05. The minimum absolute atomic E-state index is 0.345. The van der Waals surface area contributed by atoms with Gasteiger partial charge in [0.2, 0.25) is 10.0 Å². The fourth-order valence-corrected chi connectivity index (χ4v) is 3.94. The van der Waals surface area contributed by atoms with Crippen molar-refractivity contribution in [2.24, 2.45) is 0 Å². The van der Waals surface area contributed by atoms with Gasteiger partial charge in [-0.15, -0.1) is 0 Å². The summed E-state index contributed by atoms with van der Waals surface area (Å²) >= 11 is 2.33. The molecule has 0 saturated carbocycles. The van der Waals surface area contributed by atoms with E-state index in [9.17, 15) is 8.42 Å². The molecular weight excluding hydrogens is 385 g/mol. The van der Waals surface area contributed by atoms with Crippen LogP contribution in [0, 0.1) is 6.92 Å². The number of nitrogens with one attached hydrogen (secondary N) is 1. The first-order valence-electron chi connectivity index (χ1n) is 7.16. The number of hydrogen-bond acceptors (Lipinski definition) is 2. The summed E-state index contributed by atoms with van der Waals surface area (Å²) in [6, 6.07) is 6.95. The molecule has 114 valence electrons. The summed E-state index contributed by atoms with van der Waals surface area (Å²) in [4.78, 5) is 0.345. The molecule has 3 nitrogen and oxygen atoms in total. The van der Waals surface area contributed by atoms with Gasteiger partial charge >= 0.3 is 0 Å². The number of benzene rings is 1. The molecule has 0 fully saturated rings. The van der Waals surface area contributed by atoms with Crippen molar-refractivity contribution in [3.63, 3.8) is 0 Å². The Bertz CT molecular complexity index is 485. The van der Waals surface area contributed by atoms with Gasteiger partial charge in [-0.1, -0.05) is 72.9 Å². The van der Waals surface area contributed by atoms with E-state index in [0.29, 0.717) is 15.4 Å². The second-order valence-electron chi connectivity index (χ2n) is 5.11. The van der Waals surface area contributed by atoms with Crippen LogP contribution in [-0.4, -0.2) is 18.9 Å². The maximum Gasteiger partial charge on any atom is 0.240 e. The number of hydrogen-bond donors (Lipinski definition) is 1. The highest BCUT2D eigenvalue weighted by atomic mass is 127. The molecule has 1 aromatic carbocycles. The zero-order valence-corrected chi connectivity index (χ0v) is 15.2. The van der Waals surface area contributed by atoms with Gasteiger partial charge in [-0.3, -0.25) is 0 Å². The second kappa shape index (κ2) is 9.00. The highest BCUT2D eigenvalue weighted by molar-refractivity contribution is 14.1. The Kier molecular flexibility index (Phi) is 8.06. The van der Waals surface area contributed by atoms with E-state index < -0.39 is 10.0 Å². The molecule has 1 N–H and O–H groups in total. The quantitative estimate of drug-likeness (QED) is 0.380. The van der Waals surface area contributed by atoms with Gasteiger partial charge in [0.05, 0.1) is 4.90 Å². The van der Waals surface area contributed by atoms with E-state index in [1.54, 1.807) is 12.1 Å². The van der Waals surface area contributed by atoms with E-state index in [1.165, 1.54) is 25.7 Å². The number of aryl methyl sites for hydroxylation is 1. The molecule has 0 aromatic heterocycles. The van der Waals surface area contributed by atoms with Crippen LogP contribution in [0.25, 0.3) is 0 Å². The van der Waals surface area contributed by atoms with Gasteiger partial charge in [0.25, 0.3) is 0 Å². The van der Waals surface area contributed by atoms with Crippen molar-refractivity contribution >= 4 is 32.6 Å². The number of sulfonamides is 1. The number of alkyl halides is 1. The average Bonchev–Trinajstić information content (AvgIpc) is 2.42. The zero-order chi connectivity index (χ0) is 15.0. The molecule has 20 heavy (non-hydrogen) atoms. The molecular formula is C15H24INO2S. The zero-order valence-electron chi connectivity index (χ0n) is 12.2. The van der Waals surface area contributed by atoms with Crippen LogP contribution in [0.4, 0.5) is 0 Å². The van der Waals surface area contributed by atoms with Crippen LogP contribution in [0.1, 0.15) is 44.6 Å². The summed E-state index contributed by atoms with van der Waals surface area (Å²) in [6.45, 7) is 4.64. The van der Waals surface area contributed by atoms with E-state index in [2.05, 4.69) is 34.2 Å². The fourth-order valence-electron chi connectivity index (χ4n) is 1.90.